The van der Waals surface area contributed by atoms with Crippen LogP contribution in [-0.2, 0) is 9.59 Å². The molecular formula is C10H18N2O2. The fourth-order valence-corrected chi connectivity index (χ4v) is 1.88. The van der Waals surface area contributed by atoms with Gasteiger partial charge in [-0.3, -0.25) is 9.59 Å². The van der Waals surface area contributed by atoms with Crippen molar-refractivity contribution < 1.29 is 9.59 Å². The number of carbonyl (C=O) groups is 2. The summed E-state index contributed by atoms with van der Waals surface area (Å²) >= 11 is 0. The third kappa shape index (κ3) is 2.47. The van der Waals surface area contributed by atoms with Crippen molar-refractivity contribution in [2.24, 2.45) is 0 Å². The highest BCUT2D eigenvalue weighted by atomic mass is 16.2. The minimum absolute atomic E-state index is 0.0326. The monoisotopic (exact) mass is 198 g/mol. The van der Waals surface area contributed by atoms with Gasteiger partial charge in [0, 0.05) is 19.5 Å². The average Bonchev–Trinajstić information content (AvgIpc) is 2.48. The number of hydrogen-bond acceptors (Lipinski definition) is 2. The van der Waals surface area contributed by atoms with E-state index in [4.69, 9.17) is 0 Å². The summed E-state index contributed by atoms with van der Waals surface area (Å²) in [5, 5.41) is 2.61. The summed E-state index contributed by atoms with van der Waals surface area (Å²) in [4.78, 5) is 24.4. The maximum atomic E-state index is 11.8. The third-order valence-corrected chi connectivity index (χ3v) is 2.63. The van der Waals surface area contributed by atoms with Crippen LogP contribution in [0.2, 0.25) is 0 Å². The quantitative estimate of drug-likeness (QED) is 0.703. The van der Waals surface area contributed by atoms with E-state index in [1.165, 1.54) is 6.92 Å². The second-order valence-corrected chi connectivity index (χ2v) is 3.95. The molecule has 1 heterocycles. The van der Waals surface area contributed by atoms with Crippen LogP contribution in [0.3, 0.4) is 0 Å². The van der Waals surface area contributed by atoms with E-state index in [-0.39, 0.29) is 11.8 Å². The fraction of sp³-hybridized carbons (Fsp3) is 0.800. The second kappa shape index (κ2) is 4.44. The van der Waals surface area contributed by atoms with Crippen molar-refractivity contribution in [3.63, 3.8) is 0 Å². The fourth-order valence-electron chi connectivity index (χ4n) is 1.88. The first-order chi connectivity index (χ1) is 6.52. The Hall–Kier alpha value is -1.06. The topological polar surface area (TPSA) is 49.4 Å². The molecule has 0 aromatic heterocycles. The Labute approximate surface area is 84.7 Å². The van der Waals surface area contributed by atoms with Crippen molar-refractivity contribution >= 4 is 11.8 Å². The lowest BCUT2D eigenvalue weighted by atomic mass is 10.2. The van der Waals surface area contributed by atoms with E-state index in [1.54, 1.807) is 6.92 Å². The summed E-state index contributed by atoms with van der Waals surface area (Å²) in [5.41, 5.74) is 0. The van der Waals surface area contributed by atoms with Gasteiger partial charge in [0.25, 0.3) is 0 Å². The van der Waals surface area contributed by atoms with Crippen LogP contribution in [0.1, 0.15) is 33.6 Å². The minimum Gasteiger partial charge on any atom is -0.345 e. The van der Waals surface area contributed by atoms with Gasteiger partial charge in [0.15, 0.2) is 0 Å². The van der Waals surface area contributed by atoms with E-state index in [2.05, 4.69) is 5.32 Å². The van der Waals surface area contributed by atoms with Gasteiger partial charge in [-0.15, -0.1) is 0 Å². The van der Waals surface area contributed by atoms with E-state index >= 15 is 0 Å². The molecule has 1 aliphatic heterocycles. The Morgan fingerprint density at radius 1 is 1.50 bits per heavy atom. The third-order valence-electron chi connectivity index (χ3n) is 2.63. The van der Waals surface area contributed by atoms with Crippen molar-refractivity contribution in [2.45, 2.75) is 45.7 Å². The largest absolute Gasteiger partial charge is 0.345 e. The molecule has 1 saturated heterocycles. The lowest BCUT2D eigenvalue weighted by Crippen LogP contribution is -2.47. The smallest absolute Gasteiger partial charge is 0.245 e. The Balaban J connectivity index is 2.51. The van der Waals surface area contributed by atoms with Gasteiger partial charge in [-0.05, 0) is 26.7 Å². The van der Waals surface area contributed by atoms with E-state index in [0.717, 1.165) is 19.4 Å². The lowest BCUT2D eigenvalue weighted by molar-refractivity contribution is -0.136. The number of hydrogen-bond donors (Lipinski definition) is 1. The first kappa shape index (κ1) is 11.0. The molecule has 1 aliphatic rings. The maximum Gasteiger partial charge on any atom is 0.245 e. The van der Waals surface area contributed by atoms with Gasteiger partial charge >= 0.3 is 0 Å². The van der Waals surface area contributed by atoms with Crippen LogP contribution in [0.15, 0.2) is 0 Å². The molecule has 4 heteroatoms. The highest BCUT2D eigenvalue weighted by Crippen LogP contribution is 2.17. The van der Waals surface area contributed by atoms with Crippen molar-refractivity contribution in [1.29, 1.82) is 0 Å². The lowest BCUT2D eigenvalue weighted by Gasteiger charge is -2.25. The van der Waals surface area contributed by atoms with Crippen LogP contribution >= 0.6 is 0 Å². The zero-order chi connectivity index (χ0) is 10.7. The number of nitrogens with zero attached hydrogens (tertiary/aromatic N) is 1. The first-order valence-electron chi connectivity index (χ1n) is 5.10. The molecule has 0 radical (unpaired) electrons. The molecule has 14 heavy (non-hydrogen) atoms. The van der Waals surface area contributed by atoms with Gasteiger partial charge in [0.05, 0.1) is 0 Å². The predicted molar refractivity (Wildman–Crippen MR) is 53.7 cm³/mol. The zero-order valence-electron chi connectivity index (χ0n) is 9.04. The van der Waals surface area contributed by atoms with Crippen LogP contribution in [0, 0.1) is 0 Å². The molecule has 0 aliphatic carbocycles. The summed E-state index contributed by atoms with van der Waals surface area (Å²) in [7, 11) is 0. The molecule has 0 aromatic rings. The molecule has 1 rings (SSSR count). The van der Waals surface area contributed by atoms with Crippen LogP contribution in [0.5, 0.6) is 0 Å². The van der Waals surface area contributed by atoms with E-state index in [9.17, 15) is 9.59 Å². The SMILES string of the molecule is CC(=O)N[C@@H](C)C(=O)N1CCC[C@H]1C. The van der Waals surface area contributed by atoms with Gasteiger partial charge in [0.1, 0.15) is 6.04 Å². The molecule has 0 aromatic carbocycles. The van der Waals surface area contributed by atoms with Crippen LogP contribution in [0.4, 0.5) is 0 Å². The van der Waals surface area contributed by atoms with Crippen LogP contribution < -0.4 is 5.32 Å². The molecule has 0 spiro atoms. The van der Waals surface area contributed by atoms with E-state index < -0.39 is 6.04 Å². The van der Waals surface area contributed by atoms with Crippen molar-refractivity contribution in [1.82, 2.24) is 10.2 Å². The predicted octanol–water partition coefficient (Wildman–Crippen LogP) is 0.522. The van der Waals surface area contributed by atoms with Gasteiger partial charge in [-0.2, -0.15) is 0 Å². The molecule has 1 fully saturated rings. The maximum absolute atomic E-state index is 11.8. The molecule has 0 unspecified atom stereocenters. The number of nitrogens with one attached hydrogen (secondary N) is 1. The van der Waals surface area contributed by atoms with Gasteiger partial charge in [-0.1, -0.05) is 0 Å². The molecule has 4 nitrogen and oxygen atoms in total. The number of likely N-dealkylation sites (tertiary alicyclic amines) is 1. The van der Waals surface area contributed by atoms with E-state index in [0.29, 0.717) is 6.04 Å². The summed E-state index contributed by atoms with van der Waals surface area (Å²) in [6, 6.07) is -0.0771. The summed E-state index contributed by atoms with van der Waals surface area (Å²) in [5.74, 6) is -0.122. The molecule has 80 valence electrons. The molecule has 2 amide bonds. The Morgan fingerprint density at radius 2 is 2.14 bits per heavy atom. The first-order valence-corrected chi connectivity index (χ1v) is 5.10. The van der Waals surface area contributed by atoms with E-state index in [1.807, 2.05) is 11.8 Å². The van der Waals surface area contributed by atoms with Crippen LogP contribution in [0.25, 0.3) is 0 Å². The standard InChI is InChI=1S/C10H18N2O2/c1-7-5-4-6-12(7)10(14)8(2)11-9(3)13/h7-8H,4-6H2,1-3H3,(H,11,13)/t7-,8+/m1/s1. The zero-order valence-corrected chi connectivity index (χ0v) is 9.04. The van der Waals surface area contributed by atoms with Crippen molar-refractivity contribution in [2.75, 3.05) is 6.54 Å². The molecule has 2 atom stereocenters. The van der Waals surface area contributed by atoms with Gasteiger partial charge in [0.2, 0.25) is 11.8 Å². The van der Waals surface area contributed by atoms with Crippen LogP contribution in [-0.4, -0.2) is 35.3 Å². The molecular weight excluding hydrogens is 180 g/mol. The summed E-state index contributed by atoms with van der Waals surface area (Å²) < 4.78 is 0. The Bertz CT molecular complexity index is 240. The second-order valence-electron chi connectivity index (χ2n) is 3.95. The normalized spacial score (nSPS) is 23.4. The van der Waals surface area contributed by atoms with Gasteiger partial charge < -0.3 is 10.2 Å². The summed E-state index contributed by atoms with van der Waals surface area (Å²) in [6.45, 7) is 6.03. The molecule has 0 bridgehead atoms. The number of amides is 2. The number of rotatable bonds is 2. The molecule has 1 N–H and O–H groups in total. The Morgan fingerprint density at radius 3 is 2.57 bits per heavy atom. The molecule has 0 saturated carbocycles. The number of carbonyl (C=O) groups excluding carboxylic acids is 2. The average molecular weight is 198 g/mol. The minimum atomic E-state index is -0.395. The van der Waals surface area contributed by atoms with Crippen molar-refractivity contribution in [3.05, 3.63) is 0 Å². The summed E-state index contributed by atoms with van der Waals surface area (Å²) in [6.07, 6.45) is 2.14. The van der Waals surface area contributed by atoms with Gasteiger partial charge in [-0.25, -0.2) is 0 Å². The Kier molecular flexibility index (Phi) is 3.49. The highest BCUT2D eigenvalue weighted by Gasteiger charge is 2.28. The van der Waals surface area contributed by atoms with Crippen molar-refractivity contribution in [3.8, 4) is 0 Å². The highest BCUT2D eigenvalue weighted by molar-refractivity contribution is 5.86.